The monoisotopic (exact) mass is 456 g/mol. The van der Waals surface area contributed by atoms with Crippen molar-refractivity contribution >= 4 is 11.5 Å². The average Bonchev–Trinajstić information content (AvgIpc) is 2.91. The van der Waals surface area contributed by atoms with Gasteiger partial charge in [0.2, 0.25) is 0 Å². The van der Waals surface area contributed by atoms with E-state index in [1.54, 1.807) is 0 Å². The Hall–Kier alpha value is -2.21. The van der Waals surface area contributed by atoms with Crippen LogP contribution in [0.1, 0.15) is 48.0 Å². The number of Topliss-reactive ketones (excluding diaryl/α,β-unsaturated/α-hetero) is 1. The van der Waals surface area contributed by atoms with Crippen LogP contribution >= 0.6 is 0 Å². The highest BCUT2D eigenvalue weighted by atomic mass is 16.1. The largest absolute Gasteiger partial charge is 0.340 e. The van der Waals surface area contributed by atoms with Gasteiger partial charge >= 0.3 is 0 Å². The minimum absolute atomic E-state index is 0.0265. The summed E-state index contributed by atoms with van der Waals surface area (Å²) in [4.78, 5) is 16.5. The van der Waals surface area contributed by atoms with Crippen LogP contribution in [0.5, 0.6) is 0 Å². The summed E-state index contributed by atoms with van der Waals surface area (Å²) in [6, 6.07) is 19.8. The molecular weight excluding hydrogens is 420 g/mol. The summed E-state index contributed by atoms with van der Waals surface area (Å²) in [6.07, 6.45) is 6.53. The summed E-state index contributed by atoms with van der Waals surface area (Å²) in [5, 5.41) is 11.6. The third-order valence-electron chi connectivity index (χ3n) is 9.83. The Labute approximate surface area is 202 Å². The van der Waals surface area contributed by atoms with Gasteiger partial charge in [0.05, 0.1) is 12.3 Å². The van der Waals surface area contributed by atoms with Crippen LogP contribution in [0.15, 0.2) is 54.6 Å². The second-order valence-corrected chi connectivity index (χ2v) is 11.1. The number of piperidine rings is 4. The zero-order chi connectivity index (χ0) is 22.7. The van der Waals surface area contributed by atoms with Crippen LogP contribution in [0.4, 0.5) is 5.69 Å². The van der Waals surface area contributed by atoms with E-state index in [9.17, 15) is 4.79 Å². The summed E-state index contributed by atoms with van der Waals surface area (Å²) in [5.74, 6) is 1.86. The lowest BCUT2D eigenvalue weighted by Gasteiger charge is -2.68. The molecule has 4 saturated heterocycles. The van der Waals surface area contributed by atoms with E-state index in [0.29, 0.717) is 23.5 Å². The minimum atomic E-state index is 0.0265. The molecule has 7 rings (SSSR count). The second kappa shape index (κ2) is 8.18. The first kappa shape index (κ1) is 21.1. The maximum absolute atomic E-state index is 13.8. The van der Waals surface area contributed by atoms with Crippen LogP contribution in [0.3, 0.4) is 0 Å². The molecule has 0 aromatic heterocycles. The van der Waals surface area contributed by atoms with Crippen molar-refractivity contribution in [1.29, 1.82) is 0 Å². The Morgan fingerprint density at radius 2 is 1.44 bits per heavy atom. The predicted molar refractivity (Wildman–Crippen MR) is 135 cm³/mol. The second-order valence-electron chi connectivity index (χ2n) is 11.1. The summed E-state index contributed by atoms with van der Waals surface area (Å²) in [6.45, 7) is 3.98. The fourth-order valence-electron chi connectivity index (χ4n) is 8.83. The Kier molecular flexibility index (Phi) is 5.08. The highest BCUT2D eigenvalue weighted by Crippen LogP contribution is 2.62. The quantitative estimate of drug-likeness (QED) is 0.613. The molecule has 6 unspecified atom stereocenters. The lowest BCUT2D eigenvalue weighted by Crippen LogP contribution is -2.78. The molecule has 178 valence electrons. The van der Waals surface area contributed by atoms with E-state index >= 15 is 0 Å². The van der Waals surface area contributed by atoms with Crippen molar-refractivity contribution in [2.45, 2.75) is 49.9 Å². The van der Waals surface area contributed by atoms with E-state index in [2.05, 4.69) is 75.4 Å². The number of carbonyl (C=O) groups is 1. The fraction of sp³-hybridized carbons (Fsp3) is 0.552. The fourth-order valence-corrected chi connectivity index (χ4v) is 8.83. The zero-order valence-electron chi connectivity index (χ0n) is 19.9. The number of rotatable bonds is 1. The molecule has 5 heteroatoms. The number of para-hydroxylation sites is 1. The smallest absolute Gasteiger partial charge is 0.167 e. The molecule has 0 amide bonds. The normalized spacial score (nSPS) is 39.1. The van der Waals surface area contributed by atoms with E-state index in [1.165, 1.54) is 36.9 Å². The van der Waals surface area contributed by atoms with Gasteiger partial charge in [-0.1, -0.05) is 42.5 Å². The highest BCUT2D eigenvalue weighted by molar-refractivity contribution is 6.01. The molecule has 6 atom stereocenters. The van der Waals surface area contributed by atoms with Crippen LogP contribution < -0.4 is 20.9 Å². The molecule has 1 aliphatic carbocycles. The van der Waals surface area contributed by atoms with Gasteiger partial charge in [0, 0.05) is 41.0 Å². The Morgan fingerprint density at radius 3 is 2.18 bits per heavy atom. The Balaban J connectivity index is 1.48. The molecule has 3 N–H and O–H groups in total. The van der Waals surface area contributed by atoms with Gasteiger partial charge < -0.3 is 10.2 Å². The van der Waals surface area contributed by atoms with Crippen molar-refractivity contribution in [3.05, 3.63) is 65.7 Å². The van der Waals surface area contributed by atoms with Crippen molar-refractivity contribution in [3.8, 4) is 0 Å². The number of carbonyl (C=O) groups excluding carboxylic acids is 1. The Morgan fingerprint density at radius 1 is 0.765 bits per heavy atom. The van der Waals surface area contributed by atoms with Crippen LogP contribution in [-0.4, -0.2) is 44.3 Å². The SMILES string of the molecule is O=C1c2ccccc2C2(C3CCNCC13)C1CCCNC1N(c1ccccc1)C1NCCCC12. The number of fused-ring (bicyclic) bond motifs is 8. The van der Waals surface area contributed by atoms with E-state index in [1.807, 2.05) is 0 Å². The van der Waals surface area contributed by atoms with Gasteiger partial charge in [-0.25, -0.2) is 0 Å². The lowest BCUT2D eigenvalue weighted by molar-refractivity contribution is -0.0563. The Bertz CT molecular complexity index is 1050. The third-order valence-corrected chi connectivity index (χ3v) is 9.83. The van der Waals surface area contributed by atoms with Crippen LogP contribution in [0.25, 0.3) is 0 Å². The molecule has 5 nitrogen and oxygen atoms in total. The van der Waals surface area contributed by atoms with Gasteiger partial charge in [-0.3, -0.25) is 15.4 Å². The van der Waals surface area contributed by atoms with Crippen molar-refractivity contribution in [2.75, 3.05) is 31.1 Å². The number of nitrogens with one attached hydrogen (secondary N) is 3. The highest BCUT2D eigenvalue weighted by Gasteiger charge is 2.66. The van der Waals surface area contributed by atoms with Gasteiger partial charge in [0.25, 0.3) is 0 Å². The summed E-state index contributed by atoms with van der Waals surface area (Å²) in [7, 11) is 0. The number of nitrogens with zero attached hydrogens (tertiary/aromatic N) is 1. The van der Waals surface area contributed by atoms with Gasteiger partial charge in [0.15, 0.2) is 5.78 Å². The maximum atomic E-state index is 13.8. The zero-order valence-corrected chi connectivity index (χ0v) is 19.9. The number of anilines is 1. The summed E-state index contributed by atoms with van der Waals surface area (Å²) in [5.41, 5.74) is 3.72. The molecule has 34 heavy (non-hydrogen) atoms. The molecule has 5 aliphatic rings. The first-order chi connectivity index (χ1) is 16.8. The lowest BCUT2D eigenvalue weighted by atomic mass is 9.44. The van der Waals surface area contributed by atoms with Gasteiger partial charge in [-0.2, -0.15) is 0 Å². The number of ketones is 1. The minimum Gasteiger partial charge on any atom is -0.340 e. The van der Waals surface area contributed by atoms with Crippen LogP contribution in [0.2, 0.25) is 0 Å². The summed E-state index contributed by atoms with van der Waals surface area (Å²) < 4.78 is 0. The van der Waals surface area contributed by atoms with Crippen molar-refractivity contribution in [2.24, 2.45) is 23.7 Å². The molecule has 4 heterocycles. The van der Waals surface area contributed by atoms with Crippen LogP contribution in [0, 0.1) is 23.7 Å². The molecule has 0 bridgehead atoms. The number of hydrogen-bond donors (Lipinski definition) is 3. The number of benzene rings is 2. The topological polar surface area (TPSA) is 56.4 Å². The van der Waals surface area contributed by atoms with Crippen molar-refractivity contribution in [3.63, 3.8) is 0 Å². The molecule has 4 fully saturated rings. The van der Waals surface area contributed by atoms with E-state index in [4.69, 9.17) is 0 Å². The molecule has 4 aliphatic heterocycles. The van der Waals surface area contributed by atoms with E-state index in [0.717, 1.165) is 38.2 Å². The third kappa shape index (κ3) is 2.81. The standard InChI is InChI=1S/C29H36N4O/c34-26-20-10-4-5-11-22(20)29(23-14-17-30-18-21(23)26)24-12-6-15-31-27(24)33(19-8-2-1-3-9-19)28-25(29)13-7-16-32-28/h1-5,8-11,21,23-25,27-28,30-32H,6-7,12-18H2. The molecule has 1 spiro atoms. The van der Waals surface area contributed by atoms with E-state index < -0.39 is 0 Å². The molecule has 0 radical (unpaired) electrons. The first-order valence-electron chi connectivity index (χ1n) is 13.5. The predicted octanol–water partition coefficient (Wildman–Crippen LogP) is 3.52. The van der Waals surface area contributed by atoms with Crippen molar-refractivity contribution in [1.82, 2.24) is 16.0 Å². The van der Waals surface area contributed by atoms with Crippen LogP contribution in [-0.2, 0) is 5.41 Å². The molecule has 2 aromatic carbocycles. The number of hydrogen-bond acceptors (Lipinski definition) is 5. The molecule has 0 saturated carbocycles. The van der Waals surface area contributed by atoms with Gasteiger partial charge in [-0.05, 0) is 75.4 Å². The van der Waals surface area contributed by atoms with Gasteiger partial charge in [-0.15, -0.1) is 0 Å². The maximum Gasteiger partial charge on any atom is 0.167 e. The van der Waals surface area contributed by atoms with Gasteiger partial charge in [0.1, 0.15) is 0 Å². The molecular formula is C29H36N4O. The summed E-state index contributed by atoms with van der Waals surface area (Å²) >= 11 is 0. The average molecular weight is 457 g/mol. The van der Waals surface area contributed by atoms with E-state index in [-0.39, 0.29) is 23.7 Å². The van der Waals surface area contributed by atoms with Crippen molar-refractivity contribution < 1.29 is 4.79 Å². The molecule has 2 aromatic rings. The first-order valence-corrected chi connectivity index (χ1v) is 13.5.